The van der Waals surface area contributed by atoms with Crippen molar-refractivity contribution in [3.05, 3.63) is 58.9 Å². The number of sulfonamides is 1. The van der Waals surface area contributed by atoms with Gasteiger partial charge in [0, 0.05) is 40.3 Å². The van der Waals surface area contributed by atoms with Gasteiger partial charge in [-0.1, -0.05) is 12.1 Å². The molecule has 3 heterocycles. The fourth-order valence-corrected chi connectivity index (χ4v) is 5.40. The van der Waals surface area contributed by atoms with Crippen molar-refractivity contribution in [2.24, 2.45) is 5.14 Å². The number of anilines is 1. The second-order valence-corrected chi connectivity index (χ2v) is 9.81. The van der Waals surface area contributed by atoms with Gasteiger partial charge in [0.25, 0.3) is 5.56 Å². The van der Waals surface area contributed by atoms with Crippen LogP contribution in [0, 0.1) is 0 Å². The zero-order valence-corrected chi connectivity index (χ0v) is 18.7. The van der Waals surface area contributed by atoms with E-state index in [-0.39, 0.29) is 10.5 Å². The molecule has 0 radical (unpaired) electrons. The first-order valence-electron chi connectivity index (χ1n) is 10.6. The van der Waals surface area contributed by atoms with E-state index in [1.807, 2.05) is 24.3 Å². The number of nitrogens with two attached hydrogens (primary N) is 1. The quantitative estimate of drug-likeness (QED) is 0.385. The molecule has 0 unspecified atom stereocenters. The lowest BCUT2D eigenvalue weighted by molar-refractivity contribution is -0.174. The van der Waals surface area contributed by atoms with Gasteiger partial charge in [0.2, 0.25) is 10.0 Å². The fraction of sp³-hybridized carbons (Fsp3) is 0.174. The molecule has 0 aliphatic carbocycles. The van der Waals surface area contributed by atoms with Crippen molar-refractivity contribution >= 4 is 60.4 Å². The van der Waals surface area contributed by atoms with Crippen molar-refractivity contribution < 1.29 is 18.0 Å². The first-order chi connectivity index (χ1) is 16.4. The number of pyridine rings is 1. The summed E-state index contributed by atoms with van der Waals surface area (Å²) in [4.78, 5) is 35.9. The molecular formula is C23H19N5O5S. The van der Waals surface area contributed by atoms with E-state index in [2.05, 4.69) is 9.88 Å². The lowest BCUT2D eigenvalue weighted by Gasteiger charge is -2.34. The summed E-state index contributed by atoms with van der Waals surface area (Å²) in [5.41, 5.74) is 2.13. The van der Waals surface area contributed by atoms with E-state index in [0.29, 0.717) is 54.7 Å². The van der Waals surface area contributed by atoms with Crippen LogP contribution in [-0.2, 0) is 19.7 Å². The minimum atomic E-state index is -3.90. The van der Waals surface area contributed by atoms with Gasteiger partial charge in [-0.25, -0.2) is 18.5 Å². The van der Waals surface area contributed by atoms with E-state index >= 15 is 0 Å². The number of carbonyl (C=O) groups is 1. The van der Waals surface area contributed by atoms with Crippen LogP contribution in [0.25, 0.3) is 38.2 Å². The highest BCUT2D eigenvalue weighted by atomic mass is 32.2. The van der Waals surface area contributed by atoms with Crippen molar-refractivity contribution in [1.29, 1.82) is 0 Å². The van der Waals surface area contributed by atoms with E-state index in [0.717, 1.165) is 21.8 Å². The second kappa shape index (κ2) is 7.35. The molecule has 0 atom stereocenters. The Morgan fingerprint density at radius 2 is 1.74 bits per heavy atom. The van der Waals surface area contributed by atoms with Crippen LogP contribution < -0.4 is 15.6 Å². The summed E-state index contributed by atoms with van der Waals surface area (Å²) in [6.07, 6.45) is 0. The smallest absolute Gasteiger partial charge is 0.312 e. The number of rotatable bonds is 4. The molecule has 2 aromatic heterocycles. The minimum absolute atomic E-state index is 0.0568. The maximum absolute atomic E-state index is 13.6. The Bertz CT molecular complexity index is 1770. The van der Waals surface area contributed by atoms with Gasteiger partial charge in [-0.3, -0.25) is 14.0 Å². The molecule has 1 saturated heterocycles. The average molecular weight is 478 g/mol. The number of carbonyl (C=O) groups excluding carboxylic acids is 1. The molecule has 1 aliphatic rings. The highest BCUT2D eigenvalue weighted by Gasteiger charge is 2.23. The lowest BCUT2D eigenvalue weighted by atomic mass is 10.00. The van der Waals surface area contributed by atoms with Gasteiger partial charge >= 0.3 is 6.47 Å². The topological polar surface area (TPSA) is 127 Å². The predicted molar refractivity (Wildman–Crippen MR) is 127 cm³/mol. The van der Waals surface area contributed by atoms with Gasteiger partial charge in [-0.2, -0.15) is 0 Å². The average Bonchev–Trinajstić information content (AvgIpc) is 3.22. The summed E-state index contributed by atoms with van der Waals surface area (Å²) in [5, 5.41) is 9.99. The van der Waals surface area contributed by atoms with E-state index in [1.165, 1.54) is 16.5 Å². The van der Waals surface area contributed by atoms with Crippen LogP contribution in [0.15, 0.2) is 58.2 Å². The molecule has 0 spiro atoms. The van der Waals surface area contributed by atoms with Gasteiger partial charge < -0.3 is 9.74 Å². The summed E-state index contributed by atoms with van der Waals surface area (Å²) in [6.45, 7) is 2.90. The highest BCUT2D eigenvalue weighted by Crippen LogP contribution is 2.36. The third-order valence-electron chi connectivity index (χ3n) is 6.42. The number of hydroxylamine groups is 2. The zero-order valence-electron chi connectivity index (χ0n) is 17.8. The van der Waals surface area contributed by atoms with Crippen molar-refractivity contribution in [1.82, 2.24) is 14.4 Å². The van der Waals surface area contributed by atoms with Gasteiger partial charge in [0.05, 0.1) is 29.0 Å². The van der Waals surface area contributed by atoms with Crippen LogP contribution >= 0.6 is 0 Å². The lowest BCUT2D eigenvalue weighted by Crippen LogP contribution is -2.46. The molecular weight excluding hydrogens is 458 g/mol. The maximum Gasteiger partial charge on any atom is 0.312 e. The van der Waals surface area contributed by atoms with Gasteiger partial charge in [0.15, 0.2) is 0 Å². The summed E-state index contributed by atoms with van der Waals surface area (Å²) in [5.74, 6) is 0. The summed E-state index contributed by atoms with van der Waals surface area (Å²) in [6, 6.07) is 13.9. The Balaban J connectivity index is 1.59. The maximum atomic E-state index is 13.6. The highest BCUT2D eigenvalue weighted by molar-refractivity contribution is 7.89. The molecule has 11 heteroatoms. The van der Waals surface area contributed by atoms with Crippen LogP contribution in [0.2, 0.25) is 0 Å². The third-order valence-corrected chi connectivity index (χ3v) is 7.33. The van der Waals surface area contributed by atoms with Crippen LogP contribution in [0.5, 0.6) is 0 Å². The summed E-state index contributed by atoms with van der Waals surface area (Å²) >= 11 is 0. The van der Waals surface area contributed by atoms with Crippen molar-refractivity contribution in [2.75, 3.05) is 31.1 Å². The molecule has 0 bridgehead atoms. The number of aromatic nitrogens is 2. The Morgan fingerprint density at radius 1 is 0.971 bits per heavy atom. The Hall–Kier alpha value is -3.80. The normalized spacial score (nSPS) is 15.6. The number of imidazole rings is 1. The largest absolute Gasteiger partial charge is 0.371 e. The number of hydrogen-bond acceptors (Lipinski definition) is 8. The Kier molecular flexibility index (Phi) is 4.49. The fourth-order valence-electron chi connectivity index (χ4n) is 4.87. The van der Waals surface area contributed by atoms with E-state index < -0.39 is 10.0 Å². The molecule has 34 heavy (non-hydrogen) atoms. The SMILES string of the molecule is NS(=O)(=O)c1ccc2c(c1)nc1c3ccc(N4CCN(OC=O)CC4)c4cccc(c(=O)n21)c43. The number of fused-ring (bicyclic) bond motifs is 4. The standard InChI is InChI=1S/C23H19N5O5S/c24-34(31,32)14-4-6-20-18(12-14)25-22-16-5-7-19(26-8-10-27(11-9-26)33-13-29)15-2-1-3-17(21(15)16)23(30)28(20)22/h1-7,12-13H,8-11H2,(H2,24,31,32). The Labute approximate surface area is 193 Å². The van der Waals surface area contributed by atoms with Crippen LogP contribution in [0.4, 0.5) is 5.69 Å². The van der Waals surface area contributed by atoms with E-state index in [9.17, 15) is 18.0 Å². The zero-order chi connectivity index (χ0) is 23.6. The molecule has 1 aliphatic heterocycles. The molecule has 6 rings (SSSR count). The molecule has 0 amide bonds. The van der Waals surface area contributed by atoms with Gasteiger partial charge in [-0.15, -0.1) is 5.06 Å². The van der Waals surface area contributed by atoms with Crippen molar-refractivity contribution in [3.8, 4) is 0 Å². The van der Waals surface area contributed by atoms with Crippen LogP contribution in [0.3, 0.4) is 0 Å². The van der Waals surface area contributed by atoms with Gasteiger partial charge in [-0.05, 0) is 36.4 Å². The first-order valence-corrected chi connectivity index (χ1v) is 12.2. The first kappa shape index (κ1) is 20.8. The molecule has 10 nitrogen and oxygen atoms in total. The second-order valence-electron chi connectivity index (χ2n) is 8.25. The molecule has 5 aromatic rings. The number of hydrogen-bond donors (Lipinski definition) is 1. The minimum Gasteiger partial charge on any atom is -0.371 e. The van der Waals surface area contributed by atoms with E-state index in [1.54, 1.807) is 17.2 Å². The van der Waals surface area contributed by atoms with Crippen molar-refractivity contribution in [2.45, 2.75) is 4.90 Å². The van der Waals surface area contributed by atoms with E-state index in [4.69, 9.17) is 9.98 Å². The predicted octanol–water partition coefficient (Wildman–Crippen LogP) is 1.45. The molecule has 0 saturated carbocycles. The number of nitrogens with zero attached hydrogens (tertiary/aromatic N) is 4. The van der Waals surface area contributed by atoms with Crippen LogP contribution in [-0.4, -0.2) is 55.5 Å². The molecule has 1 fully saturated rings. The monoisotopic (exact) mass is 477 g/mol. The third kappa shape index (κ3) is 3.01. The number of piperazine rings is 1. The molecule has 172 valence electrons. The van der Waals surface area contributed by atoms with Crippen LogP contribution in [0.1, 0.15) is 0 Å². The summed E-state index contributed by atoms with van der Waals surface area (Å²) in [7, 11) is -3.90. The number of benzene rings is 3. The van der Waals surface area contributed by atoms with Gasteiger partial charge in [0.1, 0.15) is 5.65 Å². The summed E-state index contributed by atoms with van der Waals surface area (Å²) < 4.78 is 25.1. The number of primary sulfonamides is 1. The van der Waals surface area contributed by atoms with Crippen molar-refractivity contribution in [3.63, 3.8) is 0 Å². The molecule has 2 N–H and O–H groups in total. The Morgan fingerprint density at radius 3 is 2.47 bits per heavy atom. The molecule has 3 aromatic carbocycles.